The van der Waals surface area contributed by atoms with Crippen molar-refractivity contribution < 1.29 is 17.9 Å². The van der Waals surface area contributed by atoms with E-state index >= 15 is 0 Å². The first-order valence-electron chi connectivity index (χ1n) is 7.99. The molecule has 0 bridgehead atoms. The Morgan fingerprint density at radius 2 is 1.74 bits per heavy atom. The van der Waals surface area contributed by atoms with E-state index in [0.29, 0.717) is 17.0 Å². The van der Waals surface area contributed by atoms with Gasteiger partial charge in [-0.2, -0.15) is 11.3 Å². The summed E-state index contributed by atoms with van der Waals surface area (Å²) in [5, 5.41) is 3.86. The third kappa shape index (κ3) is 4.84. The predicted molar refractivity (Wildman–Crippen MR) is 108 cm³/mol. The molecule has 0 radical (unpaired) electrons. The van der Waals surface area contributed by atoms with Gasteiger partial charge in [-0.25, -0.2) is 8.42 Å². The van der Waals surface area contributed by atoms with Crippen LogP contribution >= 0.6 is 11.3 Å². The summed E-state index contributed by atoms with van der Waals surface area (Å²) >= 11 is 1.55. The molecule has 0 spiro atoms. The largest absolute Gasteiger partial charge is 0.497 e. The number of hydrogen-bond donors (Lipinski definition) is 1. The van der Waals surface area contributed by atoms with Gasteiger partial charge in [0.05, 0.1) is 12.0 Å². The van der Waals surface area contributed by atoms with Gasteiger partial charge in [0.25, 0.3) is 10.0 Å². The van der Waals surface area contributed by atoms with Crippen molar-refractivity contribution in [3.63, 3.8) is 0 Å². The Kier molecular flexibility index (Phi) is 5.73. The summed E-state index contributed by atoms with van der Waals surface area (Å²) in [7, 11) is -2.20. The van der Waals surface area contributed by atoms with Gasteiger partial charge in [-0.05, 0) is 77.0 Å². The van der Waals surface area contributed by atoms with E-state index < -0.39 is 10.0 Å². The number of methoxy groups -OCH3 is 1. The molecule has 1 aromatic heterocycles. The highest BCUT2D eigenvalue weighted by atomic mass is 32.2. The first-order chi connectivity index (χ1) is 13.0. The third-order valence-electron chi connectivity index (χ3n) is 3.76. The second-order valence-electron chi connectivity index (χ2n) is 5.61. The standard InChI is InChI=1S/C20H17NO4S2/c1-25-18-7-5-17(6-8-18)21-27(23,24)19-9-3-16(4-10-19)20(22)11-2-15-12-13-26-14-15/h2-14,21H,1H3/b11-2+. The number of nitrogens with one attached hydrogen (secondary N) is 1. The van der Waals surface area contributed by atoms with Gasteiger partial charge < -0.3 is 4.74 Å². The van der Waals surface area contributed by atoms with Crippen molar-refractivity contribution in [1.82, 2.24) is 0 Å². The normalized spacial score (nSPS) is 11.4. The van der Waals surface area contributed by atoms with Crippen LogP contribution in [0.1, 0.15) is 15.9 Å². The van der Waals surface area contributed by atoms with Crippen LogP contribution in [0, 0.1) is 0 Å². The monoisotopic (exact) mass is 399 g/mol. The fourth-order valence-corrected chi connectivity index (χ4v) is 4.00. The molecule has 2 aromatic carbocycles. The molecular formula is C20H17NO4S2. The van der Waals surface area contributed by atoms with Crippen LogP contribution in [0.4, 0.5) is 5.69 Å². The van der Waals surface area contributed by atoms with Gasteiger partial charge in [-0.3, -0.25) is 9.52 Å². The van der Waals surface area contributed by atoms with Crippen LogP contribution < -0.4 is 9.46 Å². The zero-order valence-electron chi connectivity index (χ0n) is 14.5. The number of carbonyl (C=O) groups is 1. The van der Waals surface area contributed by atoms with E-state index in [0.717, 1.165) is 5.56 Å². The topological polar surface area (TPSA) is 72.5 Å². The van der Waals surface area contributed by atoms with Gasteiger partial charge in [-0.15, -0.1) is 0 Å². The molecule has 1 heterocycles. The summed E-state index contributed by atoms with van der Waals surface area (Å²) in [6.07, 6.45) is 3.20. The third-order valence-corrected chi connectivity index (χ3v) is 5.86. The van der Waals surface area contributed by atoms with Crippen molar-refractivity contribution in [3.8, 4) is 5.75 Å². The van der Waals surface area contributed by atoms with E-state index in [4.69, 9.17) is 4.74 Å². The van der Waals surface area contributed by atoms with Crippen molar-refractivity contribution in [2.75, 3.05) is 11.8 Å². The van der Waals surface area contributed by atoms with Gasteiger partial charge in [0.2, 0.25) is 0 Å². The molecular weight excluding hydrogens is 382 g/mol. The molecule has 27 heavy (non-hydrogen) atoms. The number of sulfonamides is 1. The van der Waals surface area contributed by atoms with Crippen LogP contribution in [0.2, 0.25) is 0 Å². The Bertz CT molecular complexity index is 1040. The fourth-order valence-electron chi connectivity index (χ4n) is 2.31. The lowest BCUT2D eigenvalue weighted by Crippen LogP contribution is -2.13. The maximum Gasteiger partial charge on any atom is 0.261 e. The van der Waals surface area contributed by atoms with Crippen LogP contribution in [0.25, 0.3) is 6.08 Å². The van der Waals surface area contributed by atoms with Crippen LogP contribution in [0.3, 0.4) is 0 Å². The van der Waals surface area contributed by atoms with Crippen LogP contribution in [0.5, 0.6) is 5.75 Å². The van der Waals surface area contributed by atoms with Gasteiger partial charge >= 0.3 is 0 Å². The maximum atomic E-state index is 12.5. The van der Waals surface area contributed by atoms with Crippen LogP contribution in [0.15, 0.2) is 76.3 Å². The second-order valence-corrected chi connectivity index (χ2v) is 8.08. The molecule has 1 N–H and O–H groups in total. The zero-order chi connectivity index (χ0) is 19.3. The summed E-state index contributed by atoms with van der Waals surface area (Å²) in [4.78, 5) is 12.3. The molecule has 0 atom stereocenters. The Morgan fingerprint density at radius 3 is 2.33 bits per heavy atom. The fraction of sp³-hybridized carbons (Fsp3) is 0.0500. The number of allylic oxidation sites excluding steroid dienone is 1. The number of rotatable bonds is 7. The first kappa shape index (κ1) is 18.9. The summed E-state index contributed by atoms with van der Waals surface area (Å²) in [5.41, 5.74) is 1.80. The lowest BCUT2D eigenvalue weighted by Gasteiger charge is -2.09. The van der Waals surface area contributed by atoms with E-state index in [9.17, 15) is 13.2 Å². The van der Waals surface area contributed by atoms with Crippen molar-refractivity contribution in [2.45, 2.75) is 4.90 Å². The minimum absolute atomic E-state index is 0.0803. The van der Waals surface area contributed by atoms with Crippen LogP contribution in [-0.4, -0.2) is 21.3 Å². The molecule has 0 aliphatic rings. The molecule has 3 rings (SSSR count). The quantitative estimate of drug-likeness (QED) is 0.470. The lowest BCUT2D eigenvalue weighted by molar-refractivity contribution is 0.104. The van der Waals surface area contributed by atoms with Gasteiger partial charge in [0, 0.05) is 11.3 Å². The van der Waals surface area contributed by atoms with Gasteiger partial charge in [0.1, 0.15) is 5.75 Å². The molecule has 138 valence electrons. The lowest BCUT2D eigenvalue weighted by atomic mass is 10.1. The predicted octanol–water partition coefficient (Wildman–Crippen LogP) is 4.45. The number of thiophene rings is 1. The highest BCUT2D eigenvalue weighted by Crippen LogP contribution is 2.20. The molecule has 0 saturated carbocycles. The Hall–Kier alpha value is -2.90. The molecule has 0 unspecified atom stereocenters. The number of ether oxygens (including phenoxy) is 1. The molecule has 3 aromatic rings. The maximum absolute atomic E-state index is 12.5. The van der Waals surface area contributed by atoms with E-state index in [1.807, 2.05) is 16.8 Å². The average Bonchev–Trinajstić information content (AvgIpc) is 3.20. The van der Waals surface area contributed by atoms with E-state index in [1.165, 1.54) is 37.5 Å². The summed E-state index contributed by atoms with van der Waals surface area (Å²) in [6.45, 7) is 0. The summed E-state index contributed by atoms with van der Waals surface area (Å²) < 4.78 is 32.5. The molecule has 0 fully saturated rings. The number of ketones is 1. The van der Waals surface area contributed by atoms with Crippen molar-refractivity contribution in [3.05, 3.63) is 82.6 Å². The highest BCUT2D eigenvalue weighted by molar-refractivity contribution is 7.92. The van der Waals surface area contributed by atoms with Crippen molar-refractivity contribution in [2.24, 2.45) is 0 Å². The summed E-state index contributed by atoms with van der Waals surface area (Å²) in [5.74, 6) is 0.449. The molecule has 0 saturated heterocycles. The Labute approximate surface area is 162 Å². The van der Waals surface area contributed by atoms with Crippen molar-refractivity contribution in [1.29, 1.82) is 0 Å². The van der Waals surface area contributed by atoms with Crippen LogP contribution in [-0.2, 0) is 10.0 Å². The van der Waals surface area contributed by atoms with Crippen molar-refractivity contribution >= 4 is 38.9 Å². The smallest absolute Gasteiger partial charge is 0.261 e. The number of benzene rings is 2. The van der Waals surface area contributed by atoms with Gasteiger partial charge in [-0.1, -0.05) is 6.08 Å². The first-order valence-corrected chi connectivity index (χ1v) is 10.4. The summed E-state index contributed by atoms with van der Waals surface area (Å²) in [6, 6.07) is 14.3. The second kappa shape index (κ2) is 8.20. The minimum Gasteiger partial charge on any atom is -0.497 e. The SMILES string of the molecule is COc1ccc(NS(=O)(=O)c2ccc(C(=O)/C=C/c3ccsc3)cc2)cc1. The Morgan fingerprint density at radius 1 is 1.04 bits per heavy atom. The number of carbonyl (C=O) groups excluding carboxylic acids is 1. The highest BCUT2D eigenvalue weighted by Gasteiger charge is 2.15. The number of hydrogen-bond acceptors (Lipinski definition) is 5. The van der Waals surface area contributed by atoms with E-state index in [-0.39, 0.29) is 10.7 Å². The minimum atomic E-state index is -3.74. The molecule has 0 aliphatic heterocycles. The Balaban J connectivity index is 1.72. The molecule has 7 heteroatoms. The van der Waals surface area contributed by atoms with E-state index in [1.54, 1.807) is 41.7 Å². The molecule has 5 nitrogen and oxygen atoms in total. The van der Waals surface area contributed by atoms with Gasteiger partial charge in [0.15, 0.2) is 5.78 Å². The molecule has 0 amide bonds. The van der Waals surface area contributed by atoms with E-state index in [2.05, 4.69) is 4.72 Å². The number of anilines is 1. The molecule has 0 aliphatic carbocycles. The average molecular weight is 399 g/mol. The zero-order valence-corrected chi connectivity index (χ0v) is 16.1.